The number of nitrogens with zero attached hydrogens (tertiary/aromatic N) is 1. The molecule has 1 saturated heterocycles. The number of urea groups is 1. The normalized spacial score (nSPS) is 20.2. The molecule has 0 bridgehead atoms. The largest absolute Gasteiger partial charge is 0.481 e. The number of quaternary nitrogens is 1. The van der Waals surface area contributed by atoms with Gasteiger partial charge in [-0.25, -0.2) is 9.59 Å². The third-order valence-corrected chi connectivity index (χ3v) is 2.67. The number of carbonyl (C=O) groups is 4. The Morgan fingerprint density at radius 1 is 1.38 bits per heavy atom. The maximum absolute atomic E-state index is 12.0. The number of rotatable bonds is 6. The minimum Gasteiger partial charge on any atom is -0.481 e. The molecule has 2 atom stereocenters. The Morgan fingerprint density at radius 3 is 2.48 bits per heavy atom. The van der Waals surface area contributed by atoms with E-state index in [0.29, 0.717) is 11.0 Å². The van der Waals surface area contributed by atoms with E-state index in [2.05, 4.69) is 5.32 Å². The zero-order chi connectivity index (χ0) is 16.2. The van der Waals surface area contributed by atoms with Gasteiger partial charge in [0, 0.05) is 0 Å². The summed E-state index contributed by atoms with van der Waals surface area (Å²) >= 11 is 0. The summed E-state index contributed by atoms with van der Waals surface area (Å²) in [6.07, 6.45) is -1.40. The number of hydrogen-bond donors (Lipinski definition) is 3. The minimum absolute atomic E-state index is 0.227. The molecule has 0 aromatic carbocycles. The molecule has 0 spiro atoms. The molecule has 2 unspecified atom stereocenters. The Morgan fingerprint density at radius 2 is 2.00 bits per heavy atom. The average molecular weight is 302 g/mol. The van der Waals surface area contributed by atoms with E-state index < -0.39 is 36.0 Å². The smallest absolute Gasteiger partial charge is 0.329 e. The number of carbonyl (C=O) groups excluding carboxylic acids is 3. The molecule has 3 N–H and O–H groups in total. The molecule has 9 heteroatoms. The predicted molar refractivity (Wildman–Crippen MR) is 70.1 cm³/mol. The first kappa shape index (κ1) is 16.9. The molecular formula is C12H20N3O6+. The minimum atomic E-state index is -1.09. The first-order valence-corrected chi connectivity index (χ1v) is 6.40. The van der Waals surface area contributed by atoms with Crippen LogP contribution in [-0.4, -0.2) is 73.3 Å². The highest BCUT2D eigenvalue weighted by atomic mass is 16.5. The lowest BCUT2D eigenvalue weighted by Crippen LogP contribution is -2.56. The van der Waals surface area contributed by atoms with Gasteiger partial charge in [-0.3, -0.25) is 14.9 Å². The van der Waals surface area contributed by atoms with Crippen molar-refractivity contribution in [1.82, 2.24) is 10.6 Å². The highest BCUT2D eigenvalue weighted by Crippen LogP contribution is 2.09. The molecule has 1 fully saturated rings. The number of nitrogens with one attached hydrogen (secondary N) is 2. The summed E-state index contributed by atoms with van der Waals surface area (Å²) in [5.41, 5.74) is 0. The van der Waals surface area contributed by atoms with Crippen LogP contribution in [0.5, 0.6) is 0 Å². The van der Waals surface area contributed by atoms with Gasteiger partial charge in [0.2, 0.25) is 5.91 Å². The second-order valence-electron chi connectivity index (χ2n) is 5.91. The van der Waals surface area contributed by atoms with Crippen molar-refractivity contribution in [3.05, 3.63) is 0 Å². The highest BCUT2D eigenvalue weighted by molar-refractivity contribution is 6.01. The molecule has 1 aliphatic rings. The number of esters is 1. The van der Waals surface area contributed by atoms with Crippen molar-refractivity contribution in [1.29, 1.82) is 0 Å². The van der Waals surface area contributed by atoms with E-state index in [9.17, 15) is 19.2 Å². The SMILES string of the molecule is C[N+](C)(C)CC(CC(=O)O)OC(=O)C1CC(=O)NC(=O)N1. The van der Waals surface area contributed by atoms with Crippen molar-refractivity contribution in [2.45, 2.75) is 25.0 Å². The summed E-state index contributed by atoms with van der Waals surface area (Å²) in [6, 6.07) is -1.86. The molecule has 0 aromatic heterocycles. The Bertz CT molecular complexity index is 440. The number of imide groups is 1. The maximum atomic E-state index is 12.0. The van der Waals surface area contributed by atoms with Gasteiger partial charge in [-0.1, -0.05) is 0 Å². The van der Waals surface area contributed by atoms with Gasteiger partial charge in [0.1, 0.15) is 12.6 Å². The van der Waals surface area contributed by atoms with E-state index in [0.717, 1.165) is 0 Å². The van der Waals surface area contributed by atoms with E-state index in [1.54, 1.807) is 0 Å². The van der Waals surface area contributed by atoms with Gasteiger partial charge in [0.15, 0.2) is 6.10 Å². The predicted octanol–water partition coefficient (Wildman–Crippen LogP) is -1.32. The second kappa shape index (κ2) is 6.53. The second-order valence-corrected chi connectivity index (χ2v) is 5.91. The Hall–Kier alpha value is -2.16. The summed E-state index contributed by atoms with van der Waals surface area (Å²) in [6.45, 7) is 0.297. The van der Waals surface area contributed by atoms with Gasteiger partial charge in [0.25, 0.3) is 0 Å². The summed E-state index contributed by atoms with van der Waals surface area (Å²) in [5, 5.41) is 13.1. The number of ether oxygens (including phenoxy) is 1. The number of likely N-dealkylation sites (N-methyl/N-ethyl adjacent to an activating group) is 1. The quantitative estimate of drug-likeness (QED) is 0.413. The summed E-state index contributed by atoms with van der Waals surface area (Å²) in [4.78, 5) is 45.1. The van der Waals surface area contributed by atoms with Crippen molar-refractivity contribution in [2.24, 2.45) is 0 Å². The van der Waals surface area contributed by atoms with Crippen LogP contribution in [0, 0.1) is 0 Å². The number of carboxylic acid groups (broad SMARTS) is 1. The molecule has 1 rings (SSSR count). The molecule has 0 aromatic rings. The molecule has 118 valence electrons. The van der Waals surface area contributed by atoms with Crippen molar-refractivity contribution < 1.29 is 33.5 Å². The standard InChI is InChI=1S/C12H19N3O6/c1-15(2,3)6-7(4-10(17)18)21-11(19)8-5-9(16)14-12(20)13-8/h7-8H,4-6H2,1-3H3,(H2-,13,14,16,17,18,20)/p+1. The number of aliphatic carboxylic acids is 1. The topological polar surface area (TPSA) is 122 Å². The van der Waals surface area contributed by atoms with Crippen molar-refractivity contribution in [2.75, 3.05) is 27.7 Å². The maximum Gasteiger partial charge on any atom is 0.329 e. The summed E-state index contributed by atoms with van der Waals surface area (Å²) in [5.74, 6) is -2.48. The third kappa shape index (κ3) is 6.21. The fraction of sp³-hybridized carbons (Fsp3) is 0.667. The third-order valence-electron chi connectivity index (χ3n) is 2.67. The molecule has 0 saturated carbocycles. The van der Waals surface area contributed by atoms with Gasteiger partial charge in [-0.15, -0.1) is 0 Å². The molecule has 1 heterocycles. The average Bonchev–Trinajstić information content (AvgIpc) is 2.23. The molecule has 21 heavy (non-hydrogen) atoms. The van der Waals surface area contributed by atoms with Crippen LogP contribution in [0.1, 0.15) is 12.8 Å². The Kier molecular flexibility index (Phi) is 5.25. The van der Waals surface area contributed by atoms with E-state index in [1.807, 2.05) is 26.5 Å². The van der Waals surface area contributed by atoms with Gasteiger partial charge in [-0.05, 0) is 0 Å². The monoisotopic (exact) mass is 302 g/mol. The molecule has 1 aliphatic heterocycles. The number of amides is 3. The van der Waals surface area contributed by atoms with E-state index >= 15 is 0 Å². The van der Waals surface area contributed by atoms with Gasteiger partial charge < -0.3 is 19.6 Å². The van der Waals surface area contributed by atoms with Gasteiger partial charge in [0.05, 0.1) is 34.0 Å². The van der Waals surface area contributed by atoms with E-state index in [-0.39, 0.29) is 12.8 Å². The fourth-order valence-corrected chi connectivity index (χ4v) is 1.95. The van der Waals surface area contributed by atoms with Crippen molar-refractivity contribution in [3.63, 3.8) is 0 Å². The lowest BCUT2D eigenvalue weighted by atomic mass is 10.1. The van der Waals surface area contributed by atoms with Crippen LogP contribution in [0.3, 0.4) is 0 Å². The fourth-order valence-electron chi connectivity index (χ4n) is 1.95. The molecular weight excluding hydrogens is 282 g/mol. The van der Waals surface area contributed by atoms with Crippen LogP contribution < -0.4 is 10.6 Å². The number of hydrogen-bond acceptors (Lipinski definition) is 5. The summed E-state index contributed by atoms with van der Waals surface area (Å²) < 4.78 is 5.55. The van der Waals surface area contributed by atoms with Crippen LogP contribution in [0.15, 0.2) is 0 Å². The summed E-state index contributed by atoms with van der Waals surface area (Å²) in [7, 11) is 5.50. The van der Waals surface area contributed by atoms with Crippen LogP contribution in [0.4, 0.5) is 4.79 Å². The first-order valence-electron chi connectivity index (χ1n) is 6.40. The first-order chi connectivity index (χ1) is 9.56. The van der Waals surface area contributed by atoms with Gasteiger partial charge in [-0.2, -0.15) is 0 Å². The van der Waals surface area contributed by atoms with Crippen LogP contribution in [0.2, 0.25) is 0 Å². The van der Waals surface area contributed by atoms with E-state index in [1.165, 1.54) is 0 Å². The highest BCUT2D eigenvalue weighted by Gasteiger charge is 2.33. The molecule has 0 aliphatic carbocycles. The molecule has 9 nitrogen and oxygen atoms in total. The van der Waals surface area contributed by atoms with Gasteiger partial charge >= 0.3 is 18.0 Å². The van der Waals surface area contributed by atoms with Crippen molar-refractivity contribution >= 4 is 23.9 Å². The van der Waals surface area contributed by atoms with E-state index in [4.69, 9.17) is 9.84 Å². The Balaban J connectivity index is 2.68. The van der Waals surface area contributed by atoms with Crippen LogP contribution in [0.25, 0.3) is 0 Å². The zero-order valence-corrected chi connectivity index (χ0v) is 12.2. The Labute approximate surface area is 121 Å². The van der Waals surface area contributed by atoms with Crippen LogP contribution in [-0.2, 0) is 19.1 Å². The zero-order valence-electron chi connectivity index (χ0n) is 12.2. The van der Waals surface area contributed by atoms with Crippen molar-refractivity contribution in [3.8, 4) is 0 Å². The molecule has 0 radical (unpaired) electrons. The lowest BCUT2D eigenvalue weighted by Gasteiger charge is -2.29. The number of carboxylic acids is 1. The van der Waals surface area contributed by atoms with Crippen LogP contribution >= 0.6 is 0 Å². The lowest BCUT2D eigenvalue weighted by molar-refractivity contribution is -0.873. The molecule has 3 amide bonds.